The Morgan fingerprint density at radius 1 is 0.877 bits per heavy atom. The molecule has 3 saturated heterocycles. The molecule has 12 heteroatoms. The van der Waals surface area contributed by atoms with Gasteiger partial charge in [-0.15, -0.1) is 0 Å². The lowest BCUT2D eigenvalue weighted by atomic mass is 9.83. The molecule has 3 aliphatic rings. The van der Waals surface area contributed by atoms with Crippen molar-refractivity contribution in [2.45, 2.75) is 190 Å². The summed E-state index contributed by atoms with van der Waals surface area (Å²) < 4.78 is 68.6. The maximum Gasteiger partial charge on any atom is 0.192 e. The van der Waals surface area contributed by atoms with E-state index in [2.05, 4.69) is 87.8 Å². The zero-order valence-corrected chi connectivity index (χ0v) is 40.3. The van der Waals surface area contributed by atoms with Crippen molar-refractivity contribution in [2.24, 2.45) is 11.8 Å². The first-order valence-electron chi connectivity index (χ1n) is 21.4. The summed E-state index contributed by atoms with van der Waals surface area (Å²) in [6.07, 6.45) is 4.12. The fraction of sp³-hybridized carbons (Fsp3) is 0.778. The van der Waals surface area contributed by atoms with Gasteiger partial charge in [0.05, 0.1) is 66.1 Å². The van der Waals surface area contributed by atoms with Gasteiger partial charge in [-0.1, -0.05) is 79.8 Å². The molecule has 1 aromatic rings. The van der Waals surface area contributed by atoms with Gasteiger partial charge in [0.1, 0.15) is 0 Å². The van der Waals surface area contributed by atoms with E-state index >= 15 is 0 Å². The van der Waals surface area contributed by atoms with Gasteiger partial charge in [0.25, 0.3) is 0 Å². The van der Waals surface area contributed by atoms with Crippen LogP contribution in [0, 0.1) is 11.8 Å². The quantitative estimate of drug-likeness (QED) is 0.108. The van der Waals surface area contributed by atoms with Crippen molar-refractivity contribution in [2.75, 3.05) is 26.1 Å². The van der Waals surface area contributed by atoms with Crippen LogP contribution in [-0.4, -0.2) is 105 Å². The van der Waals surface area contributed by atoms with Gasteiger partial charge in [-0.3, -0.25) is 0 Å². The molecule has 0 amide bonds. The predicted molar refractivity (Wildman–Crippen MR) is 235 cm³/mol. The van der Waals surface area contributed by atoms with Crippen LogP contribution in [0.2, 0.25) is 36.3 Å². The van der Waals surface area contributed by atoms with E-state index in [1.807, 2.05) is 6.07 Å². The Bertz CT molecular complexity index is 1570. The van der Waals surface area contributed by atoms with Crippen LogP contribution < -0.4 is 0 Å². The molecule has 4 rings (SSSR count). The highest BCUT2D eigenvalue weighted by Crippen LogP contribution is 2.44. The van der Waals surface area contributed by atoms with Gasteiger partial charge in [0.2, 0.25) is 0 Å². The first-order chi connectivity index (χ1) is 26.4. The molecule has 0 bridgehead atoms. The Kier molecular flexibility index (Phi) is 16.7. The summed E-state index contributed by atoms with van der Waals surface area (Å²) in [5.74, 6) is -0.324. The van der Waals surface area contributed by atoms with Crippen LogP contribution in [0.3, 0.4) is 0 Å². The van der Waals surface area contributed by atoms with Crippen LogP contribution in [0.5, 0.6) is 0 Å². The van der Waals surface area contributed by atoms with Crippen molar-refractivity contribution in [1.82, 2.24) is 0 Å². The number of sulfone groups is 1. The Hall–Kier alpha value is -1.20. The summed E-state index contributed by atoms with van der Waals surface area (Å²) >= 11 is 0. The molecule has 3 fully saturated rings. The number of methoxy groups -OCH3 is 1. The fourth-order valence-corrected chi connectivity index (χ4v) is 12.1. The first-order valence-corrected chi connectivity index (χ1v) is 28.9. The Morgan fingerprint density at radius 3 is 2.11 bits per heavy atom. The van der Waals surface area contributed by atoms with Crippen molar-refractivity contribution < 1.29 is 41.3 Å². The number of hydrogen-bond acceptors (Lipinski definition) is 9. The topological polar surface area (TPSA) is 110 Å². The third-order valence-electron chi connectivity index (χ3n) is 13.8. The van der Waals surface area contributed by atoms with Crippen LogP contribution in [-0.2, 0) is 37.6 Å². The van der Waals surface area contributed by atoms with E-state index in [1.54, 1.807) is 31.4 Å². The monoisotopic (exact) mass is 850 g/mol. The molecule has 0 aliphatic carbocycles. The highest BCUT2D eigenvalue weighted by atomic mass is 32.2. The average molecular weight is 851 g/mol. The SMILES string of the molecule is C=C1CC(CCCO)OC1CCC1C[C@@H](C)C(=C)C(C[C@@H]2OC(C[C@@H](CO[Si](C)(C)C(C)(C)C)O[Si](C)(C)C(C)(C)C)[C@H](OC)C2CS(=O)(=O)c2ccccc2)O1. The van der Waals surface area contributed by atoms with Gasteiger partial charge < -0.3 is 32.9 Å². The minimum atomic E-state index is -3.68. The normalized spacial score (nSPS) is 29.9. The third-order valence-corrected chi connectivity index (χ3v) is 24.7. The molecule has 10 atom stereocenters. The smallest absolute Gasteiger partial charge is 0.192 e. The lowest BCUT2D eigenvalue weighted by Crippen LogP contribution is -2.49. The van der Waals surface area contributed by atoms with Gasteiger partial charge >= 0.3 is 0 Å². The lowest BCUT2D eigenvalue weighted by Gasteiger charge is -2.42. The summed E-state index contributed by atoms with van der Waals surface area (Å²) in [5, 5.41) is 9.32. The Morgan fingerprint density at radius 2 is 1.51 bits per heavy atom. The number of benzene rings is 1. The molecule has 57 heavy (non-hydrogen) atoms. The maximum absolute atomic E-state index is 14.1. The summed E-state index contributed by atoms with van der Waals surface area (Å²) in [6.45, 7) is 34.2. The number of rotatable bonds is 19. The summed E-state index contributed by atoms with van der Waals surface area (Å²) in [5.41, 5.74) is 2.14. The molecule has 0 spiro atoms. The van der Waals surface area contributed by atoms with Crippen LogP contribution >= 0.6 is 0 Å². The molecule has 0 radical (unpaired) electrons. The molecular weight excluding hydrogens is 773 g/mol. The molecule has 3 heterocycles. The highest BCUT2D eigenvalue weighted by molar-refractivity contribution is 7.91. The minimum absolute atomic E-state index is 0.000157. The molecule has 6 unspecified atom stereocenters. The number of aliphatic hydroxyl groups is 1. The number of hydrogen-bond donors (Lipinski definition) is 1. The fourth-order valence-electron chi connectivity index (χ4n) is 8.08. The van der Waals surface area contributed by atoms with Gasteiger partial charge in [0.15, 0.2) is 26.5 Å². The van der Waals surface area contributed by atoms with Crippen LogP contribution in [0.25, 0.3) is 0 Å². The summed E-state index contributed by atoms with van der Waals surface area (Å²) in [7, 11) is -6.35. The van der Waals surface area contributed by atoms with E-state index in [0.717, 1.165) is 49.7 Å². The molecule has 0 saturated carbocycles. The zero-order chi connectivity index (χ0) is 42.6. The van der Waals surface area contributed by atoms with E-state index in [-0.39, 0.29) is 58.9 Å². The first kappa shape index (κ1) is 48.5. The molecular formula is C45H78O9SSi2. The van der Waals surface area contributed by atoms with Gasteiger partial charge in [-0.2, -0.15) is 0 Å². The zero-order valence-electron chi connectivity index (χ0n) is 37.5. The van der Waals surface area contributed by atoms with Gasteiger partial charge in [-0.05, 0) is 104 Å². The second-order valence-corrected chi connectivity index (χ2v) is 31.8. The van der Waals surface area contributed by atoms with Crippen LogP contribution in [0.15, 0.2) is 59.5 Å². The van der Waals surface area contributed by atoms with E-state index in [0.29, 0.717) is 24.3 Å². The van der Waals surface area contributed by atoms with Crippen LogP contribution in [0.1, 0.15) is 99.8 Å². The highest BCUT2D eigenvalue weighted by Gasteiger charge is 2.50. The van der Waals surface area contributed by atoms with E-state index < -0.39 is 50.7 Å². The molecule has 9 nitrogen and oxygen atoms in total. The van der Waals surface area contributed by atoms with Gasteiger partial charge in [-0.25, -0.2) is 8.42 Å². The molecule has 3 aliphatic heterocycles. The lowest BCUT2D eigenvalue weighted by molar-refractivity contribution is -0.0782. The summed E-state index contributed by atoms with van der Waals surface area (Å²) in [4.78, 5) is 0.297. The van der Waals surface area contributed by atoms with E-state index in [4.69, 9.17) is 27.8 Å². The number of ether oxygens (including phenoxy) is 4. The predicted octanol–water partition coefficient (Wildman–Crippen LogP) is 9.67. The maximum atomic E-state index is 14.1. The van der Waals surface area contributed by atoms with Crippen molar-refractivity contribution in [3.63, 3.8) is 0 Å². The minimum Gasteiger partial charge on any atom is -0.414 e. The standard InChI is InChI=1S/C45H78O9SSi2/c1-31-25-35(22-23-39-32(2)26-34(51-39)19-18-24-46)52-40(33(31)3)28-41-38(30-55(47,48)37-20-16-15-17-21-37)43(49-10)42(53-41)27-36(54-57(13,14)45(7,8)9)29-50-56(11,12)44(4,5)6/h15-17,20-21,31,34-36,38-43,46H,2-3,18-19,22-30H2,1,4-14H3/t31-,34?,35?,36+,38?,39?,40?,41+,42?,43-/m1/s1. The molecule has 1 N–H and O–H groups in total. The van der Waals surface area contributed by atoms with Gasteiger partial charge in [0, 0.05) is 32.5 Å². The van der Waals surface area contributed by atoms with E-state index in [9.17, 15) is 13.5 Å². The second kappa shape index (κ2) is 19.7. The third kappa shape index (κ3) is 12.7. The van der Waals surface area contributed by atoms with E-state index in [1.165, 1.54) is 0 Å². The largest absolute Gasteiger partial charge is 0.414 e. The second-order valence-electron chi connectivity index (χ2n) is 20.2. The van der Waals surface area contributed by atoms with Crippen molar-refractivity contribution >= 4 is 26.5 Å². The molecule has 0 aromatic heterocycles. The van der Waals surface area contributed by atoms with Crippen molar-refractivity contribution in [3.8, 4) is 0 Å². The average Bonchev–Trinajstić information content (AvgIpc) is 3.63. The molecule has 1 aromatic carbocycles. The Labute approximate surface area is 348 Å². The summed E-state index contributed by atoms with van der Waals surface area (Å²) in [6, 6.07) is 8.68. The van der Waals surface area contributed by atoms with Crippen molar-refractivity contribution in [3.05, 3.63) is 54.6 Å². The number of aliphatic hydroxyl groups excluding tert-OH is 1. The van der Waals surface area contributed by atoms with Crippen molar-refractivity contribution in [1.29, 1.82) is 0 Å². The molecule has 326 valence electrons. The Balaban J connectivity index is 1.59. The van der Waals surface area contributed by atoms with Crippen LogP contribution in [0.4, 0.5) is 0 Å².